The first kappa shape index (κ1) is 12.9. The van der Waals surface area contributed by atoms with Gasteiger partial charge in [0.25, 0.3) is 0 Å². The molecule has 1 aromatic rings. The number of rotatable bonds is 5. The molecular formula is C9H14FN3O2S. The highest BCUT2D eigenvalue weighted by atomic mass is 32.2. The zero-order valence-corrected chi connectivity index (χ0v) is 9.88. The minimum absolute atomic E-state index is 0.0852. The second kappa shape index (κ2) is 5.22. The van der Waals surface area contributed by atoms with Crippen LogP contribution < -0.4 is 10.0 Å². The number of aromatic nitrogens is 1. The van der Waals surface area contributed by atoms with Crippen LogP contribution >= 0.6 is 0 Å². The molecule has 0 bridgehead atoms. The number of nitrogens with one attached hydrogen (secondary N) is 2. The lowest BCUT2D eigenvalue weighted by molar-refractivity contribution is 0.581. The van der Waals surface area contributed by atoms with Crippen LogP contribution in [0, 0.1) is 5.82 Å². The molecule has 0 saturated carbocycles. The Balaban J connectivity index is 2.85. The minimum atomic E-state index is -3.58. The fourth-order valence-corrected chi connectivity index (χ4v) is 2.17. The van der Waals surface area contributed by atoms with Gasteiger partial charge in [-0.15, -0.1) is 0 Å². The van der Waals surface area contributed by atoms with Gasteiger partial charge in [-0.25, -0.2) is 12.8 Å². The highest BCUT2D eigenvalue weighted by molar-refractivity contribution is 7.93. The summed E-state index contributed by atoms with van der Waals surface area (Å²) in [6, 6.07) is 1.28. The average molecular weight is 247 g/mol. The zero-order valence-electron chi connectivity index (χ0n) is 9.07. The second-order valence-corrected chi connectivity index (χ2v) is 5.47. The quantitative estimate of drug-likeness (QED) is 0.798. The Labute approximate surface area is 94.1 Å². The average Bonchev–Trinajstić information content (AvgIpc) is 2.21. The summed E-state index contributed by atoms with van der Waals surface area (Å²) in [5.74, 6) is -0.692. The fourth-order valence-electron chi connectivity index (χ4n) is 1.11. The van der Waals surface area contributed by atoms with Gasteiger partial charge in [-0.1, -0.05) is 0 Å². The monoisotopic (exact) mass is 247 g/mol. The van der Waals surface area contributed by atoms with Gasteiger partial charge >= 0.3 is 0 Å². The maximum absolute atomic E-state index is 13.2. The molecule has 0 spiro atoms. The summed E-state index contributed by atoms with van der Waals surface area (Å²) in [6.45, 7) is 1.83. The zero-order chi connectivity index (χ0) is 12.2. The molecule has 1 rings (SSSR count). The molecule has 2 N–H and O–H groups in total. The Morgan fingerprint density at radius 1 is 1.56 bits per heavy atom. The summed E-state index contributed by atoms with van der Waals surface area (Å²) in [6.07, 6.45) is 2.28. The molecule has 0 aliphatic rings. The third-order valence-corrected chi connectivity index (χ3v) is 3.78. The molecule has 5 nitrogen and oxygen atoms in total. The summed E-state index contributed by atoms with van der Waals surface area (Å²) < 4.78 is 38.8. The van der Waals surface area contributed by atoms with Crippen molar-refractivity contribution in [2.45, 2.75) is 12.2 Å². The highest BCUT2D eigenvalue weighted by Gasteiger charge is 2.20. The van der Waals surface area contributed by atoms with Gasteiger partial charge < -0.3 is 5.32 Å². The normalized spacial score (nSPS) is 13.4. The second-order valence-electron chi connectivity index (χ2n) is 3.37. The highest BCUT2D eigenvalue weighted by Crippen LogP contribution is 2.14. The maximum atomic E-state index is 13.2. The van der Waals surface area contributed by atoms with Gasteiger partial charge in [0.2, 0.25) is 10.0 Å². The van der Waals surface area contributed by atoms with Crippen LogP contribution in [-0.2, 0) is 10.0 Å². The molecule has 0 amide bonds. The Bertz CT molecular complexity index is 450. The standard InChI is InChI=1S/C9H14FN3O2S/c1-7(5-11-2)16(14,15)13-9-3-4-12-6-8(9)10/h3-4,6-7,11H,5H2,1-2H3,(H,12,13). The number of nitrogens with zero attached hydrogens (tertiary/aromatic N) is 1. The van der Waals surface area contributed by atoms with E-state index in [1.165, 1.54) is 19.2 Å². The summed E-state index contributed by atoms with van der Waals surface area (Å²) in [4.78, 5) is 3.53. The van der Waals surface area contributed by atoms with Crippen LogP contribution in [0.4, 0.5) is 10.1 Å². The van der Waals surface area contributed by atoms with Crippen LogP contribution in [-0.4, -0.2) is 32.2 Å². The van der Waals surface area contributed by atoms with Crippen molar-refractivity contribution in [3.05, 3.63) is 24.3 Å². The van der Waals surface area contributed by atoms with Gasteiger partial charge in [0.05, 0.1) is 17.1 Å². The first-order valence-corrected chi connectivity index (χ1v) is 6.27. The number of pyridine rings is 1. The molecule has 1 atom stereocenters. The summed E-state index contributed by atoms with van der Waals surface area (Å²) in [5, 5.41) is 2.10. The van der Waals surface area contributed by atoms with E-state index >= 15 is 0 Å². The van der Waals surface area contributed by atoms with E-state index in [-0.39, 0.29) is 5.69 Å². The van der Waals surface area contributed by atoms with E-state index in [4.69, 9.17) is 0 Å². The lowest BCUT2D eigenvalue weighted by Crippen LogP contribution is -2.33. The molecule has 1 unspecified atom stereocenters. The topological polar surface area (TPSA) is 71.1 Å². The molecule has 0 aliphatic heterocycles. The van der Waals surface area contributed by atoms with Crippen LogP contribution in [0.3, 0.4) is 0 Å². The molecule has 0 aromatic carbocycles. The maximum Gasteiger partial charge on any atom is 0.236 e. The van der Waals surface area contributed by atoms with E-state index in [1.54, 1.807) is 7.05 Å². The third kappa shape index (κ3) is 3.14. The Kier molecular flexibility index (Phi) is 4.19. The van der Waals surface area contributed by atoms with E-state index in [0.29, 0.717) is 6.54 Å². The van der Waals surface area contributed by atoms with Crippen molar-refractivity contribution in [1.82, 2.24) is 10.3 Å². The predicted molar refractivity (Wildman–Crippen MR) is 60.1 cm³/mol. The van der Waals surface area contributed by atoms with Crippen LogP contribution in [0.1, 0.15) is 6.92 Å². The predicted octanol–water partition coefficient (Wildman–Crippen LogP) is 0.570. The van der Waals surface area contributed by atoms with Gasteiger partial charge in [0.1, 0.15) is 0 Å². The lowest BCUT2D eigenvalue weighted by atomic mass is 10.4. The molecule has 0 radical (unpaired) electrons. The van der Waals surface area contributed by atoms with Gasteiger partial charge in [0, 0.05) is 12.7 Å². The van der Waals surface area contributed by atoms with Crippen molar-refractivity contribution in [3.63, 3.8) is 0 Å². The summed E-state index contributed by atoms with van der Waals surface area (Å²) in [5.41, 5.74) is -0.0852. The van der Waals surface area contributed by atoms with E-state index in [1.807, 2.05) is 0 Å². The Hall–Kier alpha value is -1.21. The number of sulfonamides is 1. The molecule has 1 heterocycles. The SMILES string of the molecule is CNCC(C)S(=O)(=O)Nc1ccncc1F. The van der Waals surface area contributed by atoms with Gasteiger partial charge in [-0.3, -0.25) is 9.71 Å². The van der Waals surface area contributed by atoms with Crippen molar-refractivity contribution in [1.29, 1.82) is 0 Å². The van der Waals surface area contributed by atoms with E-state index in [2.05, 4.69) is 15.0 Å². The van der Waals surface area contributed by atoms with Crippen LogP contribution in [0.25, 0.3) is 0 Å². The summed E-state index contributed by atoms with van der Waals surface area (Å²) >= 11 is 0. The first-order valence-electron chi connectivity index (χ1n) is 4.73. The van der Waals surface area contributed by atoms with Gasteiger partial charge in [-0.05, 0) is 20.0 Å². The molecule has 0 fully saturated rings. The number of anilines is 1. The Morgan fingerprint density at radius 3 is 2.81 bits per heavy atom. The van der Waals surface area contributed by atoms with E-state index in [0.717, 1.165) is 6.20 Å². The van der Waals surface area contributed by atoms with Crippen LogP contribution in [0.2, 0.25) is 0 Å². The van der Waals surface area contributed by atoms with Gasteiger partial charge in [-0.2, -0.15) is 0 Å². The molecular weight excluding hydrogens is 233 g/mol. The number of hydrogen-bond donors (Lipinski definition) is 2. The van der Waals surface area contributed by atoms with Crippen LogP contribution in [0.5, 0.6) is 0 Å². The molecule has 0 aliphatic carbocycles. The molecule has 90 valence electrons. The summed E-state index contributed by atoms with van der Waals surface area (Å²) in [7, 11) is -1.93. The number of hydrogen-bond acceptors (Lipinski definition) is 4. The molecule has 16 heavy (non-hydrogen) atoms. The lowest BCUT2D eigenvalue weighted by Gasteiger charge is -2.14. The van der Waals surface area contributed by atoms with E-state index < -0.39 is 21.1 Å². The van der Waals surface area contributed by atoms with E-state index in [9.17, 15) is 12.8 Å². The van der Waals surface area contributed by atoms with Crippen molar-refractivity contribution in [2.24, 2.45) is 0 Å². The fraction of sp³-hybridized carbons (Fsp3) is 0.444. The van der Waals surface area contributed by atoms with Crippen molar-refractivity contribution in [2.75, 3.05) is 18.3 Å². The Morgan fingerprint density at radius 2 is 2.25 bits per heavy atom. The third-order valence-electron chi connectivity index (χ3n) is 2.05. The smallest absolute Gasteiger partial charge is 0.236 e. The van der Waals surface area contributed by atoms with Crippen molar-refractivity contribution < 1.29 is 12.8 Å². The molecule has 7 heteroatoms. The largest absolute Gasteiger partial charge is 0.318 e. The van der Waals surface area contributed by atoms with Crippen LogP contribution in [0.15, 0.2) is 18.5 Å². The molecule has 0 saturated heterocycles. The van der Waals surface area contributed by atoms with Crippen molar-refractivity contribution >= 4 is 15.7 Å². The minimum Gasteiger partial charge on any atom is -0.318 e. The van der Waals surface area contributed by atoms with Gasteiger partial charge in [0.15, 0.2) is 5.82 Å². The first-order chi connectivity index (χ1) is 7.47. The number of halogens is 1. The molecule has 1 aromatic heterocycles. The van der Waals surface area contributed by atoms with Crippen molar-refractivity contribution in [3.8, 4) is 0 Å².